The summed E-state index contributed by atoms with van der Waals surface area (Å²) in [4.78, 5) is 23.0. The van der Waals surface area contributed by atoms with Crippen molar-refractivity contribution in [1.29, 1.82) is 0 Å². The summed E-state index contributed by atoms with van der Waals surface area (Å²) in [5.41, 5.74) is 0.170. The third-order valence-electron chi connectivity index (χ3n) is 2.83. The van der Waals surface area contributed by atoms with E-state index in [1.54, 1.807) is 31.2 Å². The average molecular weight is 355 g/mol. The largest absolute Gasteiger partial charge is 0.480 e. The van der Waals surface area contributed by atoms with Gasteiger partial charge in [0.05, 0.1) is 5.56 Å². The van der Waals surface area contributed by atoms with Crippen LogP contribution in [0.4, 0.5) is 0 Å². The lowest BCUT2D eigenvalue weighted by Crippen LogP contribution is -2.11. The minimum Gasteiger partial charge on any atom is -0.480 e. The Balaban J connectivity index is 2.69. The number of carboxylic acid groups (broad SMARTS) is 2. The molecule has 0 fully saturated rings. The fourth-order valence-electron chi connectivity index (χ4n) is 1.86. The number of aromatic carboxylic acids is 1. The van der Waals surface area contributed by atoms with Gasteiger partial charge in [-0.05, 0) is 30.5 Å². The van der Waals surface area contributed by atoms with E-state index in [2.05, 4.69) is 15.9 Å². The maximum absolute atomic E-state index is 11.4. The number of benzene rings is 2. The zero-order valence-corrected chi connectivity index (χ0v) is 12.9. The van der Waals surface area contributed by atoms with Gasteiger partial charge in [-0.1, -0.05) is 28.1 Å². The maximum atomic E-state index is 11.4. The smallest absolute Gasteiger partial charge is 0.336 e. The van der Waals surface area contributed by atoms with Crippen LogP contribution < -0.4 is 0 Å². The van der Waals surface area contributed by atoms with Gasteiger partial charge in [0.15, 0.2) is 0 Å². The van der Waals surface area contributed by atoms with E-state index >= 15 is 0 Å². The monoisotopic (exact) mass is 354 g/mol. The van der Waals surface area contributed by atoms with Gasteiger partial charge in [-0.25, -0.2) is 4.79 Å². The molecule has 0 radical (unpaired) electrons. The number of carboxylic acids is 2. The number of thioether (sulfide) groups is 1. The van der Waals surface area contributed by atoms with Gasteiger partial charge in [0.2, 0.25) is 0 Å². The highest BCUT2D eigenvalue weighted by molar-refractivity contribution is 9.10. The molecule has 0 unspecified atom stereocenters. The molecule has 0 aliphatic carbocycles. The molecule has 0 bridgehead atoms. The SMILES string of the molecule is C[C@H](Sc1ccc(Br)c2cccc(C(=O)O)c12)C(=O)O. The minimum atomic E-state index is -1.03. The number of hydrogen-bond acceptors (Lipinski definition) is 3. The third-order valence-corrected chi connectivity index (χ3v) is 4.67. The summed E-state index contributed by atoms with van der Waals surface area (Å²) in [5, 5.41) is 19.0. The summed E-state index contributed by atoms with van der Waals surface area (Å²) in [7, 11) is 0. The normalized spacial score (nSPS) is 12.3. The van der Waals surface area contributed by atoms with Crippen LogP contribution in [0, 0.1) is 0 Å². The highest BCUT2D eigenvalue weighted by Crippen LogP contribution is 2.36. The Morgan fingerprint density at radius 1 is 1.20 bits per heavy atom. The Morgan fingerprint density at radius 3 is 2.50 bits per heavy atom. The molecule has 2 N–H and O–H groups in total. The molecule has 6 heteroatoms. The summed E-state index contributed by atoms with van der Waals surface area (Å²) in [6, 6.07) is 8.54. The fraction of sp³-hybridized carbons (Fsp3) is 0.143. The number of aliphatic carboxylic acids is 1. The molecule has 4 nitrogen and oxygen atoms in total. The molecule has 1 atom stereocenters. The minimum absolute atomic E-state index is 0.170. The number of fused-ring (bicyclic) bond motifs is 1. The van der Waals surface area contributed by atoms with Crippen LogP contribution in [0.3, 0.4) is 0 Å². The lowest BCUT2D eigenvalue weighted by Gasteiger charge is -2.12. The van der Waals surface area contributed by atoms with Gasteiger partial charge in [0.1, 0.15) is 5.25 Å². The van der Waals surface area contributed by atoms with Crippen LogP contribution in [0.2, 0.25) is 0 Å². The first-order valence-electron chi connectivity index (χ1n) is 5.75. The molecule has 0 heterocycles. The van der Waals surface area contributed by atoms with Crippen molar-refractivity contribution in [2.45, 2.75) is 17.1 Å². The second-order valence-corrected chi connectivity index (χ2v) is 6.41. The van der Waals surface area contributed by atoms with Crippen molar-refractivity contribution < 1.29 is 19.8 Å². The summed E-state index contributed by atoms with van der Waals surface area (Å²) in [6.45, 7) is 1.57. The number of carbonyl (C=O) groups is 2. The maximum Gasteiger partial charge on any atom is 0.336 e. The van der Waals surface area contributed by atoms with Crippen LogP contribution in [0.25, 0.3) is 10.8 Å². The number of rotatable bonds is 4. The van der Waals surface area contributed by atoms with E-state index in [-0.39, 0.29) is 5.56 Å². The van der Waals surface area contributed by atoms with Gasteiger partial charge in [-0.3, -0.25) is 4.79 Å². The van der Waals surface area contributed by atoms with Crippen molar-refractivity contribution in [2.75, 3.05) is 0 Å². The Labute approximate surface area is 127 Å². The van der Waals surface area contributed by atoms with Gasteiger partial charge in [0.25, 0.3) is 0 Å². The van der Waals surface area contributed by atoms with Crippen molar-refractivity contribution in [2.24, 2.45) is 0 Å². The van der Waals surface area contributed by atoms with E-state index in [0.717, 1.165) is 21.6 Å². The van der Waals surface area contributed by atoms with Crippen molar-refractivity contribution in [3.8, 4) is 0 Å². The Kier molecular flexibility index (Phi) is 4.35. The van der Waals surface area contributed by atoms with Crippen molar-refractivity contribution in [1.82, 2.24) is 0 Å². The van der Waals surface area contributed by atoms with Gasteiger partial charge in [-0.2, -0.15) is 0 Å². The first-order chi connectivity index (χ1) is 9.41. The molecule has 0 aliphatic heterocycles. The molecule has 0 aromatic heterocycles. The number of hydrogen-bond donors (Lipinski definition) is 2. The van der Waals surface area contributed by atoms with Crippen LogP contribution in [0.15, 0.2) is 39.7 Å². The Hall–Kier alpha value is -1.53. The average Bonchev–Trinajstić information content (AvgIpc) is 2.41. The van der Waals surface area contributed by atoms with Crippen LogP contribution in [0.5, 0.6) is 0 Å². The van der Waals surface area contributed by atoms with E-state index in [1.165, 1.54) is 6.07 Å². The first-order valence-corrected chi connectivity index (χ1v) is 7.43. The summed E-state index contributed by atoms with van der Waals surface area (Å²) < 4.78 is 0.780. The van der Waals surface area contributed by atoms with Crippen LogP contribution >= 0.6 is 27.7 Å². The number of halogens is 1. The van der Waals surface area contributed by atoms with Gasteiger partial charge < -0.3 is 10.2 Å². The zero-order chi connectivity index (χ0) is 14.9. The summed E-state index contributed by atoms with van der Waals surface area (Å²) >= 11 is 4.53. The standard InChI is InChI=1S/C14H11BrO4S/c1-7(13(16)17)20-11-6-5-10(15)8-3-2-4-9(12(8)11)14(18)19/h2-7H,1H3,(H,16,17)(H,18,19)/t7-/m0/s1. The topological polar surface area (TPSA) is 74.6 Å². The highest BCUT2D eigenvalue weighted by Gasteiger charge is 2.18. The van der Waals surface area contributed by atoms with E-state index in [4.69, 9.17) is 5.11 Å². The predicted octanol–water partition coefficient (Wildman–Crippen LogP) is 3.87. The molecule has 0 saturated carbocycles. The second kappa shape index (κ2) is 5.85. The van der Waals surface area contributed by atoms with Gasteiger partial charge in [0, 0.05) is 14.8 Å². The molecule has 0 spiro atoms. The Morgan fingerprint density at radius 2 is 1.90 bits per heavy atom. The third kappa shape index (κ3) is 2.81. The van der Waals surface area contributed by atoms with Crippen LogP contribution in [-0.2, 0) is 4.79 Å². The fourth-order valence-corrected chi connectivity index (χ4v) is 3.28. The zero-order valence-electron chi connectivity index (χ0n) is 10.5. The lowest BCUT2D eigenvalue weighted by atomic mass is 10.0. The summed E-state index contributed by atoms with van der Waals surface area (Å²) in [5.74, 6) is -1.96. The van der Waals surface area contributed by atoms with Crippen molar-refractivity contribution in [3.05, 3.63) is 40.4 Å². The van der Waals surface area contributed by atoms with Gasteiger partial charge in [-0.15, -0.1) is 11.8 Å². The molecule has 2 aromatic carbocycles. The molecule has 0 aliphatic rings. The quantitative estimate of drug-likeness (QED) is 0.815. The lowest BCUT2D eigenvalue weighted by molar-refractivity contribution is -0.136. The predicted molar refractivity (Wildman–Crippen MR) is 81.6 cm³/mol. The molecule has 2 rings (SSSR count). The van der Waals surface area contributed by atoms with E-state index in [9.17, 15) is 14.7 Å². The van der Waals surface area contributed by atoms with Crippen LogP contribution in [-0.4, -0.2) is 27.4 Å². The second-order valence-electron chi connectivity index (χ2n) is 4.18. The van der Waals surface area contributed by atoms with Gasteiger partial charge >= 0.3 is 11.9 Å². The van der Waals surface area contributed by atoms with E-state index < -0.39 is 17.2 Å². The van der Waals surface area contributed by atoms with Crippen molar-refractivity contribution >= 4 is 50.4 Å². The molecular weight excluding hydrogens is 344 g/mol. The molecule has 104 valence electrons. The molecule has 0 amide bonds. The Bertz CT molecular complexity index is 699. The molecule has 2 aromatic rings. The molecule has 20 heavy (non-hydrogen) atoms. The molecular formula is C14H11BrO4S. The first kappa shape index (κ1) is 14.9. The molecule has 0 saturated heterocycles. The van der Waals surface area contributed by atoms with E-state index in [0.29, 0.717) is 10.3 Å². The van der Waals surface area contributed by atoms with Crippen LogP contribution in [0.1, 0.15) is 17.3 Å². The van der Waals surface area contributed by atoms with Crippen molar-refractivity contribution in [3.63, 3.8) is 0 Å². The summed E-state index contributed by atoms with van der Waals surface area (Å²) in [6.07, 6.45) is 0. The van der Waals surface area contributed by atoms with E-state index in [1.807, 2.05) is 0 Å². The highest BCUT2D eigenvalue weighted by atomic mass is 79.9.